The molecular formula is C24H21Br2NO5. The average Bonchev–Trinajstić information content (AvgIpc) is 3.12. The molecule has 0 unspecified atom stereocenters. The lowest BCUT2D eigenvalue weighted by Crippen LogP contribution is -2.39. The van der Waals surface area contributed by atoms with Gasteiger partial charge in [-0.3, -0.25) is 4.90 Å². The maximum atomic E-state index is 11.7. The van der Waals surface area contributed by atoms with Crippen molar-refractivity contribution in [1.82, 2.24) is 4.90 Å². The fourth-order valence-corrected chi connectivity index (χ4v) is 5.54. The summed E-state index contributed by atoms with van der Waals surface area (Å²) in [4.78, 5) is 14.1. The van der Waals surface area contributed by atoms with Gasteiger partial charge in [0.05, 0.1) is 23.7 Å². The van der Waals surface area contributed by atoms with E-state index in [0.29, 0.717) is 31.2 Å². The zero-order valence-electron chi connectivity index (χ0n) is 17.4. The van der Waals surface area contributed by atoms with Gasteiger partial charge in [0, 0.05) is 40.6 Å². The summed E-state index contributed by atoms with van der Waals surface area (Å²) < 4.78 is 25.0. The smallest absolute Gasteiger partial charge is 0.336 e. The molecule has 6 nitrogen and oxygen atoms in total. The number of fused-ring (bicyclic) bond motifs is 2. The molecule has 1 fully saturated rings. The van der Waals surface area contributed by atoms with Crippen molar-refractivity contribution in [1.29, 1.82) is 0 Å². The minimum absolute atomic E-state index is 0.00331. The molecule has 3 aromatic rings. The SMILES string of the molecule is Cc1cc(=O)oc2cc(OC/C=C3/Oc4c(Br)cc(Br)cc4[C@@H]3N3CCOCC3)ccc12. The molecule has 0 spiro atoms. The summed E-state index contributed by atoms with van der Waals surface area (Å²) in [5.41, 5.74) is 2.15. The Morgan fingerprint density at radius 3 is 2.78 bits per heavy atom. The normalized spacial score (nSPS) is 19.8. The van der Waals surface area contributed by atoms with Crippen LogP contribution in [0.2, 0.25) is 0 Å². The molecule has 0 saturated carbocycles. The highest BCUT2D eigenvalue weighted by Crippen LogP contribution is 2.48. The Labute approximate surface area is 202 Å². The van der Waals surface area contributed by atoms with E-state index in [2.05, 4.69) is 42.8 Å². The Balaban J connectivity index is 1.40. The first-order valence-corrected chi connectivity index (χ1v) is 11.9. The van der Waals surface area contributed by atoms with Crippen LogP contribution in [-0.4, -0.2) is 37.8 Å². The van der Waals surface area contributed by atoms with Crippen LogP contribution in [0.15, 0.2) is 66.4 Å². The third kappa shape index (κ3) is 4.24. The Morgan fingerprint density at radius 1 is 1.16 bits per heavy atom. The zero-order chi connectivity index (χ0) is 22.2. The molecule has 2 aliphatic heterocycles. The van der Waals surface area contributed by atoms with Crippen LogP contribution < -0.4 is 15.1 Å². The van der Waals surface area contributed by atoms with E-state index in [4.69, 9.17) is 18.6 Å². The lowest BCUT2D eigenvalue weighted by Gasteiger charge is -2.32. The number of rotatable bonds is 4. The molecule has 0 radical (unpaired) electrons. The number of nitrogens with zero attached hydrogens (tertiary/aromatic N) is 1. The number of aryl methyl sites for hydroxylation is 1. The highest BCUT2D eigenvalue weighted by Gasteiger charge is 2.36. The topological polar surface area (TPSA) is 61.1 Å². The summed E-state index contributed by atoms with van der Waals surface area (Å²) in [5, 5.41) is 0.896. The molecule has 32 heavy (non-hydrogen) atoms. The third-order valence-electron chi connectivity index (χ3n) is 5.69. The van der Waals surface area contributed by atoms with Gasteiger partial charge in [-0.1, -0.05) is 15.9 Å². The Bertz CT molecular complexity index is 1260. The molecule has 3 heterocycles. The third-order valence-corrected chi connectivity index (χ3v) is 6.74. The van der Waals surface area contributed by atoms with Crippen molar-refractivity contribution in [2.45, 2.75) is 13.0 Å². The van der Waals surface area contributed by atoms with Crippen molar-refractivity contribution < 1.29 is 18.6 Å². The van der Waals surface area contributed by atoms with Gasteiger partial charge in [-0.25, -0.2) is 4.79 Å². The van der Waals surface area contributed by atoms with E-state index in [1.165, 1.54) is 6.07 Å². The van der Waals surface area contributed by atoms with Crippen molar-refractivity contribution in [3.05, 3.63) is 78.7 Å². The Hall–Kier alpha value is -2.13. The number of hydrogen-bond donors (Lipinski definition) is 0. The predicted octanol–water partition coefficient (Wildman–Crippen LogP) is 5.36. The first-order chi connectivity index (χ1) is 15.5. The van der Waals surface area contributed by atoms with Crippen molar-refractivity contribution in [2.24, 2.45) is 0 Å². The molecular weight excluding hydrogens is 542 g/mol. The fraction of sp³-hybridized carbons (Fsp3) is 0.292. The fourth-order valence-electron chi connectivity index (χ4n) is 4.20. The van der Waals surface area contributed by atoms with Crippen LogP contribution in [0.25, 0.3) is 11.0 Å². The van der Waals surface area contributed by atoms with E-state index in [1.54, 1.807) is 6.07 Å². The number of benzene rings is 2. The molecule has 0 amide bonds. The van der Waals surface area contributed by atoms with E-state index in [9.17, 15) is 4.79 Å². The van der Waals surface area contributed by atoms with Gasteiger partial charge in [0.1, 0.15) is 29.4 Å². The molecule has 1 aromatic heterocycles. The molecule has 5 rings (SSSR count). The second-order valence-corrected chi connectivity index (χ2v) is 9.55. The largest absolute Gasteiger partial charge is 0.489 e. The van der Waals surface area contributed by atoms with Crippen LogP contribution in [0.5, 0.6) is 11.5 Å². The zero-order valence-corrected chi connectivity index (χ0v) is 20.6. The minimum atomic E-state index is -0.364. The van der Waals surface area contributed by atoms with Crippen molar-refractivity contribution >= 4 is 42.8 Å². The summed E-state index contributed by atoms with van der Waals surface area (Å²) >= 11 is 7.22. The number of morpholine rings is 1. The predicted molar refractivity (Wildman–Crippen MR) is 128 cm³/mol. The summed E-state index contributed by atoms with van der Waals surface area (Å²) in [7, 11) is 0. The number of ether oxygens (including phenoxy) is 3. The summed E-state index contributed by atoms with van der Waals surface area (Å²) in [5.74, 6) is 2.30. The van der Waals surface area contributed by atoms with Crippen molar-refractivity contribution in [3.63, 3.8) is 0 Å². The van der Waals surface area contributed by atoms with Gasteiger partial charge >= 0.3 is 5.63 Å². The number of halogens is 2. The molecule has 8 heteroatoms. The molecule has 0 bridgehead atoms. The monoisotopic (exact) mass is 561 g/mol. The van der Waals surface area contributed by atoms with Gasteiger partial charge < -0.3 is 18.6 Å². The van der Waals surface area contributed by atoms with Gasteiger partial charge in [0.15, 0.2) is 0 Å². The first kappa shape index (κ1) is 21.7. The van der Waals surface area contributed by atoms with Gasteiger partial charge in [-0.15, -0.1) is 0 Å². The highest BCUT2D eigenvalue weighted by molar-refractivity contribution is 9.11. The summed E-state index contributed by atoms with van der Waals surface area (Å²) in [6.07, 6.45) is 1.97. The van der Waals surface area contributed by atoms with Gasteiger partial charge in [0.2, 0.25) is 0 Å². The Morgan fingerprint density at radius 2 is 1.97 bits per heavy atom. The van der Waals surface area contributed by atoms with Crippen LogP contribution in [0.4, 0.5) is 0 Å². The standard InChI is InChI=1S/C24H21Br2NO5/c1-14-10-22(28)31-21-13-16(2-3-17(14)21)30-7-4-20-23(27-5-8-29-9-6-27)18-11-15(25)12-19(26)24(18)32-20/h2-4,10-13,23H,5-9H2,1H3/b20-4+/t23-/m0/s1. The van der Waals surface area contributed by atoms with Gasteiger partial charge in [-0.2, -0.15) is 0 Å². The minimum Gasteiger partial charge on any atom is -0.489 e. The van der Waals surface area contributed by atoms with Gasteiger partial charge in [0.25, 0.3) is 0 Å². The van der Waals surface area contributed by atoms with Crippen molar-refractivity contribution in [3.8, 4) is 11.5 Å². The molecule has 1 atom stereocenters. The first-order valence-electron chi connectivity index (χ1n) is 10.4. The molecule has 166 valence electrons. The maximum absolute atomic E-state index is 11.7. The molecule has 2 aliphatic rings. The van der Waals surface area contributed by atoms with E-state index < -0.39 is 0 Å². The van der Waals surface area contributed by atoms with Crippen LogP contribution >= 0.6 is 31.9 Å². The quantitative estimate of drug-likeness (QED) is 0.399. The number of hydrogen-bond acceptors (Lipinski definition) is 6. The van der Waals surface area contributed by atoms with Crippen LogP contribution in [0.3, 0.4) is 0 Å². The molecule has 1 saturated heterocycles. The lowest BCUT2D eigenvalue weighted by atomic mass is 10.0. The van der Waals surface area contributed by atoms with Gasteiger partial charge in [-0.05, 0) is 58.8 Å². The van der Waals surface area contributed by atoms with E-state index >= 15 is 0 Å². The summed E-state index contributed by atoms with van der Waals surface area (Å²) in [6.45, 7) is 5.28. The molecule has 0 aliphatic carbocycles. The molecule has 0 N–H and O–H groups in total. The van der Waals surface area contributed by atoms with Crippen LogP contribution in [-0.2, 0) is 4.74 Å². The molecule has 2 aromatic carbocycles. The highest BCUT2D eigenvalue weighted by atomic mass is 79.9. The average molecular weight is 563 g/mol. The van der Waals surface area contributed by atoms with E-state index in [1.807, 2.05) is 31.2 Å². The second-order valence-electron chi connectivity index (χ2n) is 7.78. The van der Waals surface area contributed by atoms with E-state index in [0.717, 1.165) is 50.1 Å². The van der Waals surface area contributed by atoms with E-state index in [-0.39, 0.29) is 11.7 Å². The maximum Gasteiger partial charge on any atom is 0.336 e. The second kappa shape index (κ2) is 9.02. The van der Waals surface area contributed by atoms with Crippen LogP contribution in [0.1, 0.15) is 17.2 Å². The lowest BCUT2D eigenvalue weighted by molar-refractivity contribution is 0.0206. The van der Waals surface area contributed by atoms with Crippen molar-refractivity contribution in [2.75, 3.05) is 32.9 Å². The van der Waals surface area contributed by atoms with Crippen LogP contribution in [0, 0.1) is 6.92 Å². The Kier molecular flexibility index (Phi) is 6.11. The summed E-state index contributed by atoms with van der Waals surface area (Å²) in [6, 6.07) is 11.1.